The van der Waals surface area contributed by atoms with E-state index in [-0.39, 0.29) is 10.7 Å². The van der Waals surface area contributed by atoms with Crippen molar-refractivity contribution >= 4 is 45.8 Å². The van der Waals surface area contributed by atoms with Crippen molar-refractivity contribution in [2.45, 2.75) is 5.60 Å². The van der Waals surface area contributed by atoms with Gasteiger partial charge in [-0.05, 0) is 18.2 Å². The highest BCUT2D eigenvalue weighted by Gasteiger charge is 2.50. The minimum atomic E-state index is -0.581. The number of benzene rings is 2. The Kier molecular flexibility index (Phi) is 4.37. The molecule has 0 aliphatic carbocycles. The van der Waals surface area contributed by atoms with Crippen LogP contribution in [0.25, 0.3) is 10.9 Å². The monoisotopic (exact) mass is 429 g/mol. The number of anilines is 3. The molecule has 1 spiro atoms. The number of rotatable bonds is 4. The van der Waals surface area contributed by atoms with Crippen molar-refractivity contribution in [3.8, 4) is 5.75 Å². The molecule has 30 heavy (non-hydrogen) atoms. The predicted molar refractivity (Wildman–Crippen MR) is 110 cm³/mol. The van der Waals surface area contributed by atoms with Gasteiger partial charge < -0.3 is 20.1 Å². The molecule has 8 nitrogen and oxygen atoms in total. The lowest BCUT2D eigenvalue weighted by molar-refractivity contribution is 0.0142. The fraction of sp³-hybridized carbons (Fsp3) is 0.250. The number of nitrogens with one attached hydrogen (secondary N) is 2. The standard InChI is InChI=1S/C20H17ClFN5O3/c1-29-16-6-14-11(5-15(16)27-9-20(7-23-8-20)30-19(27)28)18(25-10-24-14)26-13-4-2-3-12(21)17(13)22/h2-6,10,23H,7-9H2,1H3,(H,24,25,26). The van der Waals surface area contributed by atoms with Gasteiger partial charge in [-0.2, -0.15) is 0 Å². The van der Waals surface area contributed by atoms with Crippen LogP contribution in [0.5, 0.6) is 5.75 Å². The summed E-state index contributed by atoms with van der Waals surface area (Å²) in [4.78, 5) is 22.6. The second kappa shape index (κ2) is 6.96. The molecule has 1 aromatic heterocycles. The molecule has 2 fully saturated rings. The Morgan fingerprint density at radius 2 is 2.17 bits per heavy atom. The summed E-state index contributed by atoms with van der Waals surface area (Å²) in [6, 6.07) is 8.12. The van der Waals surface area contributed by atoms with Gasteiger partial charge in [0.1, 0.15) is 17.9 Å². The maximum atomic E-state index is 14.4. The van der Waals surface area contributed by atoms with Gasteiger partial charge in [0, 0.05) is 24.5 Å². The molecule has 3 heterocycles. The lowest BCUT2D eigenvalue weighted by atomic mass is 9.97. The van der Waals surface area contributed by atoms with E-state index in [9.17, 15) is 9.18 Å². The molecule has 2 aliphatic rings. The minimum Gasteiger partial charge on any atom is -0.494 e. The van der Waals surface area contributed by atoms with Gasteiger partial charge in [-0.1, -0.05) is 17.7 Å². The molecule has 0 saturated carbocycles. The van der Waals surface area contributed by atoms with Crippen LogP contribution in [0.1, 0.15) is 0 Å². The number of hydrogen-bond acceptors (Lipinski definition) is 7. The van der Waals surface area contributed by atoms with Gasteiger partial charge in [-0.25, -0.2) is 19.2 Å². The van der Waals surface area contributed by atoms with E-state index in [0.29, 0.717) is 47.8 Å². The Balaban J connectivity index is 1.59. The molecule has 2 N–H and O–H groups in total. The maximum Gasteiger partial charge on any atom is 0.415 e. The number of amides is 1. The van der Waals surface area contributed by atoms with Crippen LogP contribution < -0.4 is 20.3 Å². The number of fused-ring (bicyclic) bond motifs is 1. The Morgan fingerprint density at radius 1 is 1.33 bits per heavy atom. The summed E-state index contributed by atoms with van der Waals surface area (Å²) < 4.78 is 25.5. The molecule has 2 aliphatic heterocycles. The highest BCUT2D eigenvalue weighted by Crippen LogP contribution is 2.40. The Bertz CT molecular complexity index is 1170. The van der Waals surface area contributed by atoms with Crippen LogP contribution >= 0.6 is 11.6 Å². The second-order valence-electron chi connectivity index (χ2n) is 7.23. The number of carbonyl (C=O) groups excluding carboxylic acids is 1. The van der Waals surface area contributed by atoms with Gasteiger partial charge in [0.15, 0.2) is 11.4 Å². The largest absolute Gasteiger partial charge is 0.494 e. The molecule has 2 aromatic carbocycles. The third kappa shape index (κ3) is 2.98. The number of methoxy groups -OCH3 is 1. The molecular formula is C20H17ClFN5O3. The Labute approximate surface area is 176 Å². The van der Waals surface area contributed by atoms with E-state index < -0.39 is 17.5 Å². The maximum absolute atomic E-state index is 14.4. The summed E-state index contributed by atoms with van der Waals surface area (Å²) in [6.07, 6.45) is 0.923. The average Bonchev–Trinajstić information content (AvgIpc) is 3.08. The molecule has 0 atom stereocenters. The minimum absolute atomic E-state index is 0.0000573. The highest BCUT2D eigenvalue weighted by molar-refractivity contribution is 6.31. The summed E-state index contributed by atoms with van der Waals surface area (Å²) >= 11 is 5.88. The molecular weight excluding hydrogens is 413 g/mol. The summed E-state index contributed by atoms with van der Waals surface area (Å²) in [5, 5.41) is 6.69. The fourth-order valence-corrected chi connectivity index (χ4v) is 3.85. The van der Waals surface area contributed by atoms with E-state index >= 15 is 0 Å². The number of carbonyl (C=O) groups is 1. The molecule has 10 heteroatoms. The zero-order valence-corrected chi connectivity index (χ0v) is 16.7. The van der Waals surface area contributed by atoms with E-state index in [4.69, 9.17) is 21.1 Å². The zero-order valence-electron chi connectivity index (χ0n) is 15.9. The fourth-order valence-electron chi connectivity index (χ4n) is 3.67. The van der Waals surface area contributed by atoms with Crippen molar-refractivity contribution in [2.24, 2.45) is 0 Å². The van der Waals surface area contributed by atoms with E-state index in [1.807, 2.05) is 0 Å². The summed E-state index contributed by atoms with van der Waals surface area (Å²) in [7, 11) is 1.52. The van der Waals surface area contributed by atoms with Crippen molar-refractivity contribution in [1.82, 2.24) is 15.3 Å². The normalized spacial score (nSPS) is 17.2. The van der Waals surface area contributed by atoms with Crippen molar-refractivity contribution in [2.75, 3.05) is 37.0 Å². The Hall–Kier alpha value is -3.17. The third-order valence-corrected chi connectivity index (χ3v) is 5.59. The first-order valence-electron chi connectivity index (χ1n) is 9.25. The number of ether oxygens (including phenoxy) is 2. The van der Waals surface area contributed by atoms with Crippen LogP contribution in [0.4, 0.5) is 26.4 Å². The highest BCUT2D eigenvalue weighted by atomic mass is 35.5. The average molecular weight is 430 g/mol. The first-order chi connectivity index (χ1) is 14.5. The first-order valence-corrected chi connectivity index (χ1v) is 9.62. The molecule has 1 amide bonds. The number of hydrogen-bond donors (Lipinski definition) is 2. The topological polar surface area (TPSA) is 88.6 Å². The smallest absolute Gasteiger partial charge is 0.415 e. The van der Waals surface area contributed by atoms with Crippen LogP contribution in [-0.2, 0) is 4.74 Å². The SMILES string of the molecule is COc1cc2ncnc(Nc3cccc(Cl)c3F)c2cc1N1CC2(CNC2)OC1=O. The number of aromatic nitrogens is 2. The van der Waals surface area contributed by atoms with E-state index in [2.05, 4.69) is 20.6 Å². The summed E-state index contributed by atoms with van der Waals surface area (Å²) in [5.41, 5.74) is 0.765. The van der Waals surface area contributed by atoms with Gasteiger partial charge in [-0.15, -0.1) is 0 Å². The van der Waals surface area contributed by atoms with E-state index in [1.54, 1.807) is 24.3 Å². The van der Waals surface area contributed by atoms with E-state index in [0.717, 1.165) is 0 Å². The molecule has 154 valence electrons. The lowest BCUT2D eigenvalue weighted by Crippen LogP contribution is -2.61. The molecule has 5 rings (SSSR count). The van der Waals surface area contributed by atoms with Gasteiger partial charge in [0.2, 0.25) is 0 Å². The molecule has 0 unspecified atom stereocenters. The van der Waals surface area contributed by atoms with Gasteiger partial charge >= 0.3 is 6.09 Å². The van der Waals surface area contributed by atoms with Gasteiger partial charge in [-0.3, -0.25) is 4.90 Å². The number of nitrogens with zero attached hydrogens (tertiary/aromatic N) is 3. The molecule has 2 saturated heterocycles. The first kappa shape index (κ1) is 18.8. The van der Waals surface area contributed by atoms with Crippen LogP contribution in [0, 0.1) is 5.82 Å². The number of halogens is 2. The molecule has 3 aromatic rings. The van der Waals surface area contributed by atoms with Crippen molar-refractivity contribution in [3.05, 3.63) is 47.5 Å². The predicted octanol–water partition coefficient (Wildman–Crippen LogP) is 3.47. The van der Waals surface area contributed by atoms with Crippen molar-refractivity contribution in [1.29, 1.82) is 0 Å². The molecule has 0 bridgehead atoms. The van der Waals surface area contributed by atoms with Gasteiger partial charge in [0.25, 0.3) is 0 Å². The van der Waals surface area contributed by atoms with E-state index in [1.165, 1.54) is 24.4 Å². The second-order valence-corrected chi connectivity index (χ2v) is 7.64. The quantitative estimate of drug-likeness (QED) is 0.656. The van der Waals surface area contributed by atoms with Crippen molar-refractivity contribution in [3.63, 3.8) is 0 Å². The molecule has 0 radical (unpaired) electrons. The summed E-state index contributed by atoms with van der Waals surface area (Å²) in [5.74, 6) is 0.266. The van der Waals surface area contributed by atoms with Crippen LogP contribution in [-0.4, -0.2) is 48.4 Å². The Morgan fingerprint density at radius 3 is 2.87 bits per heavy atom. The zero-order chi connectivity index (χ0) is 20.9. The van der Waals surface area contributed by atoms with Crippen molar-refractivity contribution < 1.29 is 18.7 Å². The van der Waals surface area contributed by atoms with Gasteiger partial charge in [0.05, 0.1) is 35.6 Å². The lowest BCUT2D eigenvalue weighted by Gasteiger charge is -2.36. The third-order valence-electron chi connectivity index (χ3n) is 5.30. The van der Waals surface area contributed by atoms with Crippen LogP contribution in [0.3, 0.4) is 0 Å². The van der Waals surface area contributed by atoms with Crippen LogP contribution in [0.2, 0.25) is 5.02 Å². The van der Waals surface area contributed by atoms with Crippen LogP contribution in [0.15, 0.2) is 36.7 Å². The summed E-state index contributed by atoms with van der Waals surface area (Å²) in [6.45, 7) is 1.62.